The highest BCUT2D eigenvalue weighted by Gasteiger charge is 2.02. The average molecular weight is 305 g/mol. The number of fused-ring (bicyclic) bond motifs is 1. The van der Waals surface area contributed by atoms with Gasteiger partial charge in [0.2, 0.25) is 0 Å². The maximum atomic E-state index is 5.78. The summed E-state index contributed by atoms with van der Waals surface area (Å²) in [6.07, 6.45) is 2.05. The molecule has 3 nitrogen and oxygen atoms in total. The molecule has 0 unspecified atom stereocenters. The van der Waals surface area contributed by atoms with Crippen LogP contribution in [0.2, 0.25) is 0 Å². The summed E-state index contributed by atoms with van der Waals surface area (Å²) in [4.78, 5) is 6.60. The summed E-state index contributed by atoms with van der Waals surface area (Å²) in [6.45, 7) is 0.979. The van der Waals surface area contributed by atoms with Gasteiger partial charge in [0.15, 0.2) is 0 Å². The Hall–Kier alpha value is -2.39. The van der Waals surface area contributed by atoms with Crippen LogP contribution in [0, 0.1) is 0 Å². The van der Waals surface area contributed by atoms with Crippen molar-refractivity contribution in [3.63, 3.8) is 0 Å². The van der Waals surface area contributed by atoms with E-state index < -0.39 is 0 Å². The fraction of sp³-hybridized carbons (Fsp3) is 0.250. The highest BCUT2D eigenvalue weighted by molar-refractivity contribution is 5.80. The van der Waals surface area contributed by atoms with Gasteiger partial charge in [0.25, 0.3) is 0 Å². The first-order valence-corrected chi connectivity index (χ1v) is 7.98. The van der Waals surface area contributed by atoms with E-state index in [2.05, 4.69) is 66.4 Å². The number of hydrogen-bond acceptors (Lipinski definition) is 3. The molecule has 118 valence electrons. The van der Waals surface area contributed by atoms with Gasteiger partial charge >= 0.3 is 0 Å². The molecule has 0 aliphatic carbocycles. The number of hydrogen-bond donors (Lipinski definition) is 1. The summed E-state index contributed by atoms with van der Waals surface area (Å²) in [5, 5.41) is 1.14. The SMILES string of the molecule is CN(C)Cc1cccc(CCc2ccc3ccc(N)nc3c2)c1. The Morgan fingerprint density at radius 1 is 0.870 bits per heavy atom. The molecule has 23 heavy (non-hydrogen) atoms. The maximum absolute atomic E-state index is 5.78. The van der Waals surface area contributed by atoms with Crippen molar-refractivity contribution in [2.45, 2.75) is 19.4 Å². The molecule has 0 spiro atoms. The summed E-state index contributed by atoms with van der Waals surface area (Å²) < 4.78 is 0. The van der Waals surface area contributed by atoms with E-state index in [0.717, 1.165) is 30.3 Å². The number of nitrogens with two attached hydrogens (primary N) is 1. The lowest BCUT2D eigenvalue weighted by Gasteiger charge is -2.11. The molecular weight excluding hydrogens is 282 g/mol. The number of nitrogens with zero attached hydrogens (tertiary/aromatic N) is 2. The van der Waals surface area contributed by atoms with E-state index >= 15 is 0 Å². The topological polar surface area (TPSA) is 42.1 Å². The van der Waals surface area contributed by atoms with E-state index in [9.17, 15) is 0 Å². The fourth-order valence-corrected chi connectivity index (χ4v) is 2.87. The molecule has 1 aromatic heterocycles. The van der Waals surface area contributed by atoms with Gasteiger partial charge in [0.05, 0.1) is 5.52 Å². The maximum Gasteiger partial charge on any atom is 0.124 e. The first-order valence-electron chi connectivity index (χ1n) is 7.98. The lowest BCUT2D eigenvalue weighted by Crippen LogP contribution is -2.10. The van der Waals surface area contributed by atoms with Gasteiger partial charge in [-0.25, -0.2) is 4.98 Å². The van der Waals surface area contributed by atoms with E-state index in [1.807, 2.05) is 12.1 Å². The minimum atomic E-state index is 0.575. The number of aromatic nitrogens is 1. The third-order valence-corrected chi connectivity index (χ3v) is 3.97. The van der Waals surface area contributed by atoms with Crippen LogP contribution >= 0.6 is 0 Å². The minimum Gasteiger partial charge on any atom is -0.384 e. The molecule has 0 radical (unpaired) electrons. The van der Waals surface area contributed by atoms with Crippen molar-refractivity contribution in [2.75, 3.05) is 19.8 Å². The monoisotopic (exact) mass is 305 g/mol. The van der Waals surface area contributed by atoms with Crippen LogP contribution in [0.4, 0.5) is 5.82 Å². The first-order chi connectivity index (χ1) is 11.1. The molecule has 2 N–H and O–H groups in total. The molecule has 3 heteroatoms. The number of pyridine rings is 1. The van der Waals surface area contributed by atoms with Crippen LogP contribution in [0.15, 0.2) is 54.6 Å². The minimum absolute atomic E-state index is 0.575. The quantitative estimate of drug-likeness (QED) is 0.782. The van der Waals surface area contributed by atoms with Gasteiger partial charge in [-0.1, -0.05) is 36.4 Å². The molecular formula is C20H23N3. The van der Waals surface area contributed by atoms with Gasteiger partial charge in [0.1, 0.15) is 5.82 Å². The Labute approximate surface area is 137 Å². The van der Waals surface area contributed by atoms with E-state index in [1.54, 1.807) is 0 Å². The van der Waals surface area contributed by atoms with Crippen LogP contribution in [0.5, 0.6) is 0 Å². The van der Waals surface area contributed by atoms with Crippen molar-refractivity contribution < 1.29 is 0 Å². The van der Waals surface area contributed by atoms with E-state index in [1.165, 1.54) is 16.7 Å². The Morgan fingerprint density at radius 2 is 1.57 bits per heavy atom. The van der Waals surface area contributed by atoms with Gasteiger partial charge in [-0.05, 0) is 61.8 Å². The van der Waals surface area contributed by atoms with Crippen LogP contribution in [0.1, 0.15) is 16.7 Å². The van der Waals surface area contributed by atoms with Crippen LogP contribution in [0.25, 0.3) is 10.9 Å². The summed E-state index contributed by atoms with van der Waals surface area (Å²) in [7, 11) is 4.20. The molecule has 0 fully saturated rings. The van der Waals surface area contributed by atoms with Gasteiger partial charge in [-0.15, -0.1) is 0 Å². The smallest absolute Gasteiger partial charge is 0.124 e. The van der Waals surface area contributed by atoms with Crippen molar-refractivity contribution >= 4 is 16.7 Å². The number of benzene rings is 2. The molecule has 0 atom stereocenters. The molecule has 0 aliphatic heterocycles. The van der Waals surface area contributed by atoms with Crippen molar-refractivity contribution in [3.8, 4) is 0 Å². The van der Waals surface area contributed by atoms with Crippen LogP contribution in [-0.2, 0) is 19.4 Å². The second-order valence-electron chi connectivity index (χ2n) is 6.32. The fourth-order valence-electron chi connectivity index (χ4n) is 2.87. The number of aryl methyl sites for hydroxylation is 2. The largest absolute Gasteiger partial charge is 0.384 e. The predicted molar refractivity (Wildman–Crippen MR) is 97.4 cm³/mol. The number of rotatable bonds is 5. The third-order valence-electron chi connectivity index (χ3n) is 3.97. The Bertz CT molecular complexity index is 809. The standard InChI is InChI=1S/C20H23N3/c1-23(2)14-17-5-3-4-15(12-17)6-7-16-8-9-18-10-11-20(21)22-19(18)13-16/h3-5,8-13H,6-7,14H2,1-2H3,(H2,21,22). The molecule has 0 bridgehead atoms. The lowest BCUT2D eigenvalue weighted by molar-refractivity contribution is 0.402. The lowest BCUT2D eigenvalue weighted by atomic mass is 10.0. The zero-order chi connectivity index (χ0) is 16.2. The van der Waals surface area contributed by atoms with Crippen molar-refractivity contribution in [1.82, 2.24) is 9.88 Å². The zero-order valence-electron chi connectivity index (χ0n) is 13.8. The molecule has 1 heterocycles. The first kappa shape index (κ1) is 15.5. The highest BCUT2D eigenvalue weighted by atomic mass is 15.0. The van der Waals surface area contributed by atoms with E-state index in [0.29, 0.717) is 5.82 Å². The number of anilines is 1. The van der Waals surface area contributed by atoms with E-state index in [4.69, 9.17) is 5.73 Å². The van der Waals surface area contributed by atoms with Crippen molar-refractivity contribution in [1.29, 1.82) is 0 Å². The van der Waals surface area contributed by atoms with Crippen molar-refractivity contribution in [3.05, 3.63) is 71.3 Å². The molecule has 3 rings (SSSR count). The zero-order valence-corrected chi connectivity index (χ0v) is 13.8. The summed E-state index contributed by atoms with van der Waals surface area (Å²) in [6, 6.07) is 19.2. The second kappa shape index (κ2) is 6.80. The Balaban J connectivity index is 1.73. The molecule has 2 aromatic carbocycles. The van der Waals surface area contributed by atoms with Crippen LogP contribution in [-0.4, -0.2) is 24.0 Å². The highest BCUT2D eigenvalue weighted by Crippen LogP contribution is 2.17. The molecule has 0 saturated carbocycles. The average Bonchev–Trinajstić information content (AvgIpc) is 2.52. The van der Waals surface area contributed by atoms with Gasteiger partial charge in [-0.2, -0.15) is 0 Å². The van der Waals surface area contributed by atoms with Crippen molar-refractivity contribution in [2.24, 2.45) is 0 Å². The van der Waals surface area contributed by atoms with Gasteiger partial charge < -0.3 is 10.6 Å². The molecule has 0 amide bonds. The number of nitrogen functional groups attached to an aromatic ring is 1. The van der Waals surface area contributed by atoms with E-state index in [-0.39, 0.29) is 0 Å². The third kappa shape index (κ3) is 4.08. The molecule has 0 aliphatic rings. The Morgan fingerprint density at radius 3 is 2.35 bits per heavy atom. The van der Waals surface area contributed by atoms with Gasteiger partial charge in [0, 0.05) is 11.9 Å². The normalized spacial score (nSPS) is 11.3. The second-order valence-corrected chi connectivity index (χ2v) is 6.32. The summed E-state index contributed by atoms with van der Waals surface area (Å²) >= 11 is 0. The summed E-state index contributed by atoms with van der Waals surface area (Å²) in [5.41, 5.74) is 10.8. The Kier molecular flexibility index (Phi) is 4.58. The molecule has 3 aromatic rings. The predicted octanol–water partition coefficient (Wildman–Crippen LogP) is 3.66. The van der Waals surface area contributed by atoms with Gasteiger partial charge in [-0.3, -0.25) is 0 Å². The van der Waals surface area contributed by atoms with Crippen LogP contribution < -0.4 is 5.73 Å². The van der Waals surface area contributed by atoms with Crippen LogP contribution in [0.3, 0.4) is 0 Å². The molecule has 0 saturated heterocycles. The summed E-state index contributed by atoms with van der Waals surface area (Å²) in [5.74, 6) is 0.575.